The molecular weight excluding hydrogens is 283 g/mol. The number of hydrogen-bond donors (Lipinski definition) is 2. The maximum Gasteiger partial charge on any atom is 0.433 e. The predicted molar refractivity (Wildman–Crippen MR) is 63.3 cm³/mol. The van der Waals surface area contributed by atoms with Crippen molar-refractivity contribution in [1.82, 2.24) is 4.98 Å². The van der Waals surface area contributed by atoms with Crippen molar-refractivity contribution in [3.05, 3.63) is 29.6 Å². The third-order valence-electron chi connectivity index (χ3n) is 2.24. The van der Waals surface area contributed by atoms with E-state index in [1.807, 2.05) is 0 Å². The standard InChI is InChI=1S/C11H12F3NO3S/c1-6(16)19-5-8(17)10(18)7-2-3-9(15-4-7)11(12,13)14/h2-4,8,10,17-18H,5H2,1H3. The van der Waals surface area contributed by atoms with E-state index >= 15 is 0 Å². The minimum Gasteiger partial charge on any atom is -0.389 e. The molecule has 1 aromatic rings. The summed E-state index contributed by atoms with van der Waals surface area (Å²) in [6, 6.07) is 1.77. The van der Waals surface area contributed by atoms with E-state index in [1.165, 1.54) is 6.92 Å². The molecule has 2 unspecified atom stereocenters. The number of carbonyl (C=O) groups excluding carboxylic acids is 1. The SMILES string of the molecule is CC(=O)SCC(O)C(O)c1ccc(C(F)(F)F)nc1. The highest BCUT2D eigenvalue weighted by atomic mass is 32.2. The molecule has 19 heavy (non-hydrogen) atoms. The van der Waals surface area contributed by atoms with Crippen LogP contribution in [0.1, 0.15) is 24.3 Å². The van der Waals surface area contributed by atoms with Crippen LogP contribution in [-0.4, -0.2) is 32.2 Å². The highest BCUT2D eigenvalue weighted by Gasteiger charge is 2.32. The maximum absolute atomic E-state index is 12.3. The molecule has 2 atom stereocenters. The van der Waals surface area contributed by atoms with Crippen molar-refractivity contribution in [1.29, 1.82) is 0 Å². The van der Waals surface area contributed by atoms with Crippen LogP contribution in [0.4, 0.5) is 13.2 Å². The summed E-state index contributed by atoms with van der Waals surface area (Å²) in [4.78, 5) is 13.9. The second-order valence-corrected chi connectivity index (χ2v) is 4.99. The van der Waals surface area contributed by atoms with Crippen LogP contribution in [-0.2, 0) is 11.0 Å². The van der Waals surface area contributed by atoms with E-state index in [0.29, 0.717) is 0 Å². The number of aliphatic hydroxyl groups excluding tert-OH is 2. The number of alkyl halides is 3. The Hall–Kier alpha value is -1.12. The van der Waals surface area contributed by atoms with Crippen molar-refractivity contribution >= 4 is 16.9 Å². The number of aliphatic hydroxyl groups is 2. The zero-order chi connectivity index (χ0) is 14.6. The molecule has 0 saturated carbocycles. The summed E-state index contributed by atoms with van der Waals surface area (Å²) in [6.07, 6.45) is -6.34. The molecule has 0 radical (unpaired) electrons. The molecule has 0 aromatic carbocycles. The van der Waals surface area contributed by atoms with Gasteiger partial charge >= 0.3 is 6.18 Å². The first-order valence-corrected chi connectivity index (χ1v) is 6.23. The fourth-order valence-electron chi connectivity index (χ4n) is 1.26. The first kappa shape index (κ1) is 15.9. The average Bonchev–Trinajstić information content (AvgIpc) is 2.34. The number of nitrogens with zero attached hydrogens (tertiary/aromatic N) is 1. The van der Waals surface area contributed by atoms with E-state index in [0.717, 1.165) is 30.1 Å². The minimum absolute atomic E-state index is 0.0441. The molecule has 0 aliphatic rings. The molecule has 0 saturated heterocycles. The fourth-order valence-corrected chi connectivity index (χ4v) is 1.85. The third-order valence-corrected chi connectivity index (χ3v) is 3.15. The Morgan fingerprint density at radius 2 is 2.05 bits per heavy atom. The molecule has 1 rings (SSSR count). The van der Waals surface area contributed by atoms with E-state index in [9.17, 15) is 28.2 Å². The summed E-state index contributed by atoms with van der Waals surface area (Å²) >= 11 is 0.820. The van der Waals surface area contributed by atoms with E-state index in [1.54, 1.807) is 0 Å². The number of aromatic nitrogens is 1. The number of hydrogen-bond acceptors (Lipinski definition) is 5. The summed E-state index contributed by atoms with van der Waals surface area (Å²) in [5, 5.41) is 19.1. The van der Waals surface area contributed by atoms with E-state index in [4.69, 9.17) is 0 Å². The van der Waals surface area contributed by atoms with Gasteiger partial charge in [0.25, 0.3) is 0 Å². The van der Waals surface area contributed by atoms with Crippen molar-refractivity contribution in [3.63, 3.8) is 0 Å². The lowest BCUT2D eigenvalue weighted by atomic mass is 10.1. The second-order valence-electron chi connectivity index (χ2n) is 3.79. The van der Waals surface area contributed by atoms with Crippen LogP contribution in [0.2, 0.25) is 0 Å². The van der Waals surface area contributed by atoms with Crippen LogP contribution in [0.3, 0.4) is 0 Å². The molecule has 8 heteroatoms. The lowest BCUT2D eigenvalue weighted by Crippen LogP contribution is -2.22. The molecule has 0 fully saturated rings. The van der Waals surface area contributed by atoms with Crippen LogP contribution >= 0.6 is 11.8 Å². The van der Waals surface area contributed by atoms with Gasteiger partial charge in [0.1, 0.15) is 11.8 Å². The van der Waals surface area contributed by atoms with Gasteiger partial charge in [-0.05, 0) is 6.07 Å². The van der Waals surface area contributed by atoms with Crippen molar-refractivity contribution in [2.45, 2.75) is 25.3 Å². The first-order chi connectivity index (χ1) is 8.71. The molecular formula is C11H12F3NO3S. The van der Waals surface area contributed by atoms with Crippen LogP contribution in [0, 0.1) is 0 Å². The van der Waals surface area contributed by atoms with Crippen LogP contribution in [0.5, 0.6) is 0 Å². The molecule has 1 heterocycles. The van der Waals surface area contributed by atoms with Gasteiger partial charge in [-0.15, -0.1) is 0 Å². The average molecular weight is 295 g/mol. The Labute approximate surface area is 111 Å². The lowest BCUT2D eigenvalue weighted by Gasteiger charge is -2.17. The largest absolute Gasteiger partial charge is 0.433 e. The second kappa shape index (κ2) is 6.36. The van der Waals surface area contributed by atoms with Crippen LogP contribution < -0.4 is 0 Å². The zero-order valence-corrected chi connectivity index (χ0v) is 10.7. The molecule has 0 amide bonds. The quantitative estimate of drug-likeness (QED) is 0.886. The summed E-state index contributed by atoms with van der Waals surface area (Å²) in [5.74, 6) is -0.0441. The normalized spacial score (nSPS) is 15.1. The Kier molecular flexibility index (Phi) is 5.33. The van der Waals surface area contributed by atoms with Gasteiger partial charge in [-0.2, -0.15) is 13.2 Å². The Bertz CT molecular complexity index is 436. The molecule has 0 aliphatic heterocycles. The third kappa shape index (κ3) is 4.81. The fraction of sp³-hybridized carbons (Fsp3) is 0.455. The summed E-state index contributed by atoms with van der Waals surface area (Å²) in [7, 11) is 0. The monoisotopic (exact) mass is 295 g/mol. The van der Waals surface area contributed by atoms with Gasteiger partial charge in [-0.1, -0.05) is 17.8 Å². The number of rotatable bonds is 4. The van der Waals surface area contributed by atoms with Gasteiger partial charge in [0.15, 0.2) is 5.12 Å². The predicted octanol–water partition coefficient (Wildman–Crippen LogP) is 1.77. The topological polar surface area (TPSA) is 70.4 Å². The Morgan fingerprint density at radius 1 is 1.42 bits per heavy atom. The molecule has 4 nitrogen and oxygen atoms in total. The van der Waals surface area contributed by atoms with Gasteiger partial charge in [0, 0.05) is 24.4 Å². The van der Waals surface area contributed by atoms with Crippen molar-refractivity contribution in [2.75, 3.05) is 5.75 Å². The summed E-state index contributed by atoms with van der Waals surface area (Å²) in [5.41, 5.74) is -1.01. The van der Waals surface area contributed by atoms with E-state index < -0.39 is 24.1 Å². The highest BCUT2D eigenvalue weighted by molar-refractivity contribution is 8.13. The Morgan fingerprint density at radius 3 is 2.47 bits per heavy atom. The molecule has 0 bridgehead atoms. The number of halogens is 3. The van der Waals surface area contributed by atoms with E-state index in [-0.39, 0.29) is 16.4 Å². The molecule has 1 aromatic heterocycles. The molecule has 0 aliphatic carbocycles. The number of thioether (sulfide) groups is 1. The van der Waals surface area contributed by atoms with Crippen molar-refractivity contribution in [2.24, 2.45) is 0 Å². The smallest absolute Gasteiger partial charge is 0.389 e. The van der Waals surface area contributed by atoms with Crippen LogP contribution in [0.15, 0.2) is 18.3 Å². The summed E-state index contributed by atoms with van der Waals surface area (Å²) < 4.78 is 36.8. The highest BCUT2D eigenvalue weighted by Crippen LogP contribution is 2.28. The van der Waals surface area contributed by atoms with E-state index in [2.05, 4.69) is 4.98 Å². The van der Waals surface area contributed by atoms with Gasteiger partial charge in [0.05, 0.1) is 6.10 Å². The van der Waals surface area contributed by atoms with Crippen molar-refractivity contribution < 1.29 is 28.2 Å². The molecule has 2 N–H and O–H groups in total. The lowest BCUT2D eigenvalue weighted by molar-refractivity contribution is -0.141. The first-order valence-electron chi connectivity index (χ1n) is 5.24. The van der Waals surface area contributed by atoms with Gasteiger partial charge < -0.3 is 10.2 Å². The van der Waals surface area contributed by atoms with Crippen molar-refractivity contribution in [3.8, 4) is 0 Å². The zero-order valence-electron chi connectivity index (χ0n) is 9.89. The Balaban J connectivity index is 2.72. The number of pyridine rings is 1. The van der Waals surface area contributed by atoms with Gasteiger partial charge in [0.2, 0.25) is 0 Å². The summed E-state index contributed by atoms with van der Waals surface area (Å²) in [6.45, 7) is 1.31. The molecule has 106 valence electrons. The minimum atomic E-state index is -4.55. The van der Waals surface area contributed by atoms with Gasteiger partial charge in [-0.3, -0.25) is 9.78 Å². The van der Waals surface area contributed by atoms with Crippen LogP contribution in [0.25, 0.3) is 0 Å². The molecule has 0 spiro atoms. The number of carbonyl (C=O) groups is 1. The van der Waals surface area contributed by atoms with Gasteiger partial charge in [-0.25, -0.2) is 0 Å². The maximum atomic E-state index is 12.3.